The van der Waals surface area contributed by atoms with Crippen molar-refractivity contribution in [1.82, 2.24) is 4.90 Å². The second kappa shape index (κ2) is 7.37. The van der Waals surface area contributed by atoms with Gasteiger partial charge in [-0.05, 0) is 39.8 Å². The van der Waals surface area contributed by atoms with Gasteiger partial charge >= 0.3 is 0 Å². The molecule has 3 nitrogen and oxygen atoms in total. The molecule has 1 aromatic carbocycles. The molecule has 0 N–H and O–H groups in total. The number of rotatable bonds is 6. The Morgan fingerprint density at radius 3 is 2.42 bits per heavy atom. The van der Waals surface area contributed by atoms with Crippen molar-refractivity contribution in [2.24, 2.45) is 0 Å². The molecule has 0 unspecified atom stereocenters. The molecule has 0 aliphatic carbocycles. The Morgan fingerprint density at radius 1 is 1.26 bits per heavy atom. The third kappa shape index (κ3) is 4.41. The van der Waals surface area contributed by atoms with Gasteiger partial charge < -0.3 is 4.74 Å². The average Bonchev–Trinajstić information content (AvgIpc) is 2.33. The zero-order valence-corrected chi connectivity index (χ0v) is 12.7. The fourth-order valence-corrected chi connectivity index (χ4v) is 2.31. The maximum absolute atomic E-state index is 9.06. The van der Waals surface area contributed by atoms with Gasteiger partial charge in [0, 0.05) is 18.6 Å². The Hall–Kier alpha value is -1.24. The molecule has 0 aliphatic heterocycles. The smallest absolute Gasteiger partial charge is 0.138 e. The van der Waals surface area contributed by atoms with Crippen molar-refractivity contribution in [3.05, 3.63) is 28.8 Å². The standard InChI is InChI=1S/C15H21ClN2O/c1-11(2)18(12(3)4)8-9-19-15-7-5-6-14(16)13(15)10-17/h5-7,11-12H,8-9H2,1-4H3. The Kier molecular flexibility index (Phi) is 6.14. The lowest BCUT2D eigenvalue weighted by Gasteiger charge is -2.30. The lowest BCUT2D eigenvalue weighted by Crippen LogP contribution is -2.39. The van der Waals surface area contributed by atoms with E-state index in [-0.39, 0.29) is 0 Å². The third-order valence-electron chi connectivity index (χ3n) is 3.02. The lowest BCUT2D eigenvalue weighted by atomic mass is 10.2. The second-order valence-corrected chi connectivity index (χ2v) is 5.41. The molecule has 0 amide bonds. The van der Waals surface area contributed by atoms with Crippen LogP contribution < -0.4 is 4.74 Å². The SMILES string of the molecule is CC(C)N(CCOc1cccc(Cl)c1C#N)C(C)C. The summed E-state index contributed by atoms with van der Waals surface area (Å²) in [6.07, 6.45) is 0. The van der Waals surface area contributed by atoms with Gasteiger partial charge in [-0.2, -0.15) is 5.26 Å². The first-order valence-electron chi connectivity index (χ1n) is 6.54. The molecule has 104 valence electrons. The predicted octanol–water partition coefficient (Wildman–Crippen LogP) is 3.71. The van der Waals surface area contributed by atoms with Crippen molar-refractivity contribution >= 4 is 11.6 Å². The molecule has 0 heterocycles. The van der Waals surface area contributed by atoms with Crippen molar-refractivity contribution < 1.29 is 4.74 Å². The minimum absolute atomic E-state index is 0.407. The highest BCUT2D eigenvalue weighted by Gasteiger charge is 2.14. The molecule has 0 saturated carbocycles. The topological polar surface area (TPSA) is 36.3 Å². The summed E-state index contributed by atoms with van der Waals surface area (Å²) >= 11 is 5.96. The first-order chi connectivity index (χ1) is 8.97. The van der Waals surface area contributed by atoms with Crippen LogP contribution >= 0.6 is 11.6 Å². The fourth-order valence-electron chi connectivity index (χ4n) is 2.11. The van der Waals surface area contributed by atoms with Crippen LogP contribution in [0.3, 0.4) is 0 Å². The van der Waals surface area contributed by atoms with E-state index in [1.165, 1.54) is 0 Å². The summed E-state index contributed by atoms with van der Waals surface area (Å²) < 4.78 is 5.69. The maximum Gasteiger partial charge on any atom is 0.138 e. The van der Waals surface area contributed by atoms with Gasteiger partial charge in [-0.1, -0.05) is 17.7 Å². The van der Waals surface area contributed by atoms with E-state index in [0.29, 0.717) is 35.0 Å². The largest absolute Gasteiger partial charge is 0.491 e. The van der Waals surface area contributed by atoms with Crippen LogP contribution in [-0.4, -0.2) is 30.1 Å². The van der Waals surface area contributed by atoms with Gasteiger partial charge in [-0.15, -0.1) is 0 Å². The van der Waals surface area contributed by atoms with E-state index in [2.05, 4.69) is 38.7 Å². The molecular weight excluding hydrogens is 260 g/mol. The molecule has 0 aromatic heterocycles. The molecule has 0 bridgehead atoms. The maximum atomic E-state index is 9.06. The second-order valence-electron chi connectivity index (χ2n) is 5.00. The van der Waals surface area contributed by atoms with Crippen LogP contribution in [0.4, 0.5) is 0 Å². The van der Waals surface area contributed by atoms with Gasteiger partial charge in [0.25, 0.3) is 0 Å². The van der Waals surface area contributed by atoms with E-state index in [1.807, 2.05) is 0 Å². The highest BCUT2D eigenvalue weighted by molar-refractivity contribution is 6.31. The zero-order chi connectivity index (χ0) is 14.4. The lowest BCUT2D eigenvalue weighted by molar-refractivity contribution is 0.142. The molecule has 1 aromatic rings. The Labute approximate surface area is 120 Å². The number of benzene rings is 1. The van der Waals surface area contributed by atoms with Crippen molar-refractivity contribution in [2.75, 3.05) is 13.2 Å². The number of hydrogen-bond acceptors (Lipinski definition) is 3. The average molecular weight is 281 g/mol. The molecule has 1 rings (SSSR count). The van der Waals surface area contributed by atoms with E-state index in [9.17, 15) is 0 Å². The third-order valence-corrected chi connectivity index (χ3v) is 3.34. The van der Waals surface area contributed by atoms with Crippen LogP contribution in [0.25, 0.3) is 0 Å². The zero-order valence-electron chi connectivity index (χ0n) is 12.0. The number of halogens is 1. The number of ether oxygens (including phenoxy) is 1. The van der Waals surface area contributed by atoms with Gasteiger partial charge in [0.15, 0.2) is 0 Å². The van der Waals surface area contributed by atoms with Crippen LogP contribution in [0.1, 0.15) is 33.3 Å². The van der Waals surface area contributed by atoms with E-state index in [0.717, 1.165) is 6.54 Å². The molecule has 0 radical (unpaired) electrons. The summed E-state index contributed by atoms with van der Waals surface area (Å²) in [5.41, 5.74) is 0.407. The van der Waals surface area contributed by atoms with Crippen molar-refractivity contribution in [3.8, 4) is 11.8 Å². The summed E-state index contributed by atoms with van der Waals surface area (Å²) in [5.74, 6) is 0.558. The predicted molar refractivity (Wildman–Crippen MR) is 78.6 cm³/mol. The van der Waals surface area contributed by atoms with Gasteiger partial charge in [0.1, 0.15) is 24.0 Å². The van der Waals surface area contributed by atoms with E-state index < -0.39 is 0 Å². The summed E-state index contributed by atoms with van der Waals surface area (Å²) in [4.78, 5) is 2.34. The van der Waals surface area contributed by atoms with Crippen LogP contribution in [0.2, 0.25) is 5.02 Å². The summed E-state index contributed by atoms with van der Waals surface area (Å²) in [5, 5.41) is 9.49. The monoisotopic (exact) mass is 280 g/mol. The van der Waals surface area contributed by atoms with Crippen molar-refractivity contribution in [2.45, 2.75) is 39.8 Å². The quantitative estimate of drug-likeness (QED) is 0.797. The highest BCUT2D eigenvalue weighted by Crippen LogP contribution is 2.25. The molecule has 4 heteroatoms. The fraction of sp³-hybridized carbons (Fsp3) is 0.533. The van der Waals surface area contributed by atoms with Crippen LogP contribution in [-0.2, 0) is 0 Å². The van der Waals surface area contributed by atoms with E-state index in [1.54, 1.807) is 18.2 Å². The van der Waals surface area contributed by atoms with Crippen molar-refractivity contribution in [3.63, 3.8) is 0 Å². The molecule has 0 aliphatic rings. The van der Waals surface area contributed by atoms with Gasteiger partial charge in [-0.3, -0.25) is 4.90 Å². The first-order valence-corrected chi connectivity index (χ1v) is 6.92. The Bertz CT molecular complexity index is 444. The van der Waals surface area contributed by atoms with Crippen LogP contribution in [0.5, 0.6) is 5.75 Å². The van der Waals surface area contributed by atoms with E-state index >= 15 is 0 Å². The van der Waals surface area contributed by atoms with Crippen LogP contribution in [0, 0.1) is 11.3 Å². The van der Waals surface area contributed by atoms with Crippen molar-refractivity contribution in [1.29, 1.82) is 5.26 Å². The summed E-state index contributed by atoms with van der Waals surface area (Å²) in [6, 6.07) is 8.28. The molecule has 0 spiro atoms. The van der Waals surface area contributed by atoms with Gasteiger partial charge in [-0.25, -0.2) is 0 Å². The molecule has 0 fully saturated rings. The number of nitriles is 1. The molecular formula is C15H21ClN2O. The van der Waals surface area contributed by atoms with E-state index in [4.69, 9.17) is 21.6 Å². The molecule has 19 heavy (non-hydrogen) atoms. The Morgan fingerprint density at radius 2 is 1.89 bits per heavy atom. The minimum atomic E-state index is 0.407. The van der Waals surface area contributed by atoms with Crippen LogP contribution in [0.15, 0.2) is 18.2 Å². The molecule has 0 atom stereocenters. The Balaban J connectivity index is 2.63. The number of nitrogens with zero attached hydrogens (tertiary/aromatic N) is 2. The summed E-state index contributed by atoms with van der Waals surface area (Å²) in [6.45, 7) is 10.0. The summed E-state index contributed by atoms with van der Waals surface area (Å²) in [7, 11) is 0. The minimum Gasteiger partial charge on any atom is -0.491 e. The first kappa shape index (κ1) is 15.8. The highest BCUT2D eigenvalue weighted by atomic mass is 35.5. The van der Waals surface area contributed by atoms with Gasteiger partial charge in [0.2, 0.25) is 0 Å². The normalized spacial score (nSPS) is 11.1. The number of hydrogen-bond donors (Lipinski definition) is 0. The molecule has 0 saturated heterocycles. The van der Waals surface area contributed by atoms with Gasteiger partial charge in [0.05, 0.1) is 5.02 Å².